The van der Waals surface area contributed by atoms with E-state index in [0.29, 0.717) is 12.3 Å². The summed E-state index contributed by atoms with van der Waals surface area (Å²) in [6.07, 6.45) is -1.38. The van der Waals surface area contributed by atoms with E-state index in [1.54, 1.807) is 26.1 Å². The molecule has 0 radical (unpaired) electrons. The Balaban J connectivity index is 1.62. The van der Waals surface area contributed by atoms with Crippen molar-refractivity contribution >= 4 is 66.8 Å². The number of hydrogen-bond donors (Lipinski definition) is 5. The first-order valence-corrected chi connectivity index (χ1v) is 29.9. The molecule has 0 bridgehead atoms. The average Bonchev–Trinajstić information content (AvgIpc) is 3.94. The molecule has 5 rings (SSSR count). The van der Waals surface area contributed by atoms with Crippen molar-refractivity contribution in [2.45, 2.75) is 147 Å². The van der Waals surface area contributed by atoms with Crippen molar-refractivity contribution in [2.75, 3.05) is 25.1 Å². The van der Waals surface area contributed by atoms with Crippen molar-refractivity contribution in [3.05, 3.63) is 41.2 Å². The number of anilines is 1. The summed E-state index contributed by atoms with van der Waals surface area (Å²) < 4.78 is 65.7. The van der Waals surface area contributed by atoms with Crippen molar-refractivity contribution in [3.63, 3.8) is 0 Å². The Hall–Kier alpha value is -2.83. The number of nitrogens with one attached hydrogen (secondary N) is 2. The molecule has 368 valence electrons. The van der Waals surface area contributed by atoms with Gasteiger partial charge in [0.1, 0.15) is 30.7 Å². The van der Waals surface area contributed by atoms with E-state index >= 15 is 0 Å². The first-order valence-electron chi connectivity index (χ1n) is 22.1. The van der Waals surface area contributed by atoms with Gasteiger partial charge >= 0.3 is 32.1 Å². The van der Waals surface area contributed by atoms with E-state index in [2.05, 4.69) is 25.3 Å². The number of carbonyl (C=O) groups excluding carboxylic acids is 1. The molecule has 26 heteroatoms. The largest absolute Gasteiger partial charge is 0.474 e. The van der Waals surface area contributed by atoms with E-state index in [9.17, 15) is 34.2 Å². The highest BCUT2D eigenvalue weighted by Crippen LogP contribution is 2.56. The second-order valence-electron chi connectivity index (χ2n) is 18.0. The summed E-state index contributed by atoms with van der Waals surface area (Å²) in [7, 11) is -10.6. The summed E-state index contributed by atoms with van der Waals surface area (Å²) in [5.74, 6) is -1.20. The molecule has 1 aliphatic heterocycles. The molecule has 2 unspecified atom stereocenters. The first-order chi connectivity index (χ1) is 31.1. The number of rotatable bonds is 24. The number of aliphatic hydroxyl groups excluding tert-OH is 1. The Kier molecular flexibility index (Phi) is 19.0. The molecule has 1 amide bonds. The van der Waals surface area contributed by atoms with Crippen LogP contribution in [0.2, 0.25) is 22.2 Å². The minimum atomic E-state index is -4.04. The fraction of sp³-hybridized carbons (Fsp3) is 0.700. The normalized spacial score (nSPS) is 24.2. The van der Waals surface area contributed by atoms with E-state index in [1.807, 2.05) is 61.5 Å². The van der Waals surface area contributed by atoms with Crippen LogP contribution in [0.4, 0.5) is 5.95 Å². The number of nitrogens with zero attached hydrogens (tertiary/aromatic N) is 5. The number of ether oxygens (including phenoxy) is 2. The Morgan fingerprint density at radius 2 is 1.79 bits per heavy atom. The number of aromatic amines is 1. The fourth-order valence-electron chi connectivity index (χ4n) is 8.21. The van der Waals surface area contributed by atoms with Gasteiger partial charge in [-0.15, -0.1) is 0 Å². The van der Waals surface area contributed by atoms with Gasteiger partial charge in [0.2, 0.25) is 17.7 Å². The predicted octanol–water partition coefficient (Wildman–Crippen LogP) is 6.10. The molecule has 3 aromatic rings. The SMILES string of the molecule is CC(C)C(=O)Nc1nc2c(ccn2[C@@H]2O[C@H](CO)[C@@H](O[Si](O[Si](O)(C(C)C)C(C)C)(C(C)C)C(C)C)[C@H]2OP(=S)(OCCC#N)OC[C@H]2C[C@@H](Oc3ccncn3)C[C@@H]2O[PH](=O)O)c(=O)[nH]1. The molecule has 1 aliphatic carbocycles. The van der Waals surface area contributed by atoms with Crippen LogP contribution in [0, 0.1) is 23.2 Å². The van der Waals surface area contributed by atoms with Crippen LogP contribution in [0.5, 0.6) is 5.88 Å². The monoisotopic (exact) mass is 1020 g/mol. The smallest absolute Gasteiger partial charge is 0.335 e. The summed E-state index contributed by atoms with van der Waals surface area (Å²) in [4.78, 5) is 63.7. The maximum Gasteiger partial charge on any atom is 0.335 e. The van der Waals surface area contributed by atoms with Crippen molar-refractivity contribution in [3.8, 4) is 11.9 Å². The number of hydrogen-bond acceptors (Lipinski definition) is 18. The van der Waals surface area contributed by atoms with E-state index in [1.165, 1.54) is 23.2 Å². The van der Waals surface area contributed by atoms with Gasteiger partial charge in [0, 0.05) is 36.7 Å². The zero-order valence-electron chi connectivity index (χ0n) is 39.0. The number of aliphatic hydroxyl groups is 1. The molecule has 66 heavy (non-hydrogen) atoms. The third-order valence-electron chi connectivity index (χ3n) is 11.8. The predicted molar refractivity (Wildman–Crippen MR) is 251 cm³/mol. The lowest BCUT2D eigenvalue weighted by Gasteiger charge is -2.47. The van der Waals surface area contributed by atoms with Crippen LogP contribution in [0.15, 0.2) is 35.6 Å². The van der Waals surface area contributed by atoms with E-state index in [4.69, 9.17) is 47.9 Å². The summed E-state index contributed by atoms with van der Waals surface area (Å²) in [5.41, 5.74) is -1.47. The first kappa shape index (κ1) is 54.1. The average molecular weight is 1020 g/mol. The van der Waals surface area contributed by atoms with Crippen LogP contribution in [0.3, 0.4) is 0 Å². The van der Waals surface area contributed by atoms with Gasteiger partial charge in [-0.1, -0.05) is 69.2 Å². The molecule has 5 N–H and O–H groups in total. The zero-order chi connectivity index (χ0) is 48.7. The van der Waals surface area contributed by atoms with Crippen molar-refractivity contribution < 1.29 is 60.3 Å². The minimum Gasteiger partial charge on any atom is -0.474 e. The van der Waals surface area contributed by atoms with Crippen LogP contribution in [0.1, 0.15) is 94.7 Å². The fourth-order valence-corrected chi connectivity index (χ4v) is 20.8. The van der Waals surface area contributed by atoms with Crippen molar-refractivity contribution in [2.24, 2.45) is 11.8 Å². The number of amides is 1. The molecule has 21 nitrogen and oxygen atoms in total. The van der Waals surface area contributed by atoms with Gasteiger partial charge in [0.15, 0.2) is 11.9 Å². The topological polar surface area (TPSA) is 281 Å². The van der Waals surface area contributed by atoms with Crippen LogP contribution >= 0.6 is 15.0 Å². The third-order valence-corrected chi connectivity index (χ3v) is 24.4. The van der Waals surface area contributed by atoms with Crippen LogP contribution < -0.4 is 15.6 Å². The molecule has 1 saturated carbocycles. The number of carbonyl (C=O) groups is 1. The highest BCUT2D eigenvalue weighted by atomic mass is 32.5. The summed E-state index contributed by atoms with van der Waals surface area (Å²) in [5, 5.41) is 23.4. The van der Waals surface area contributed by atoms with Crippen LogP contribution in [-0.4, -0.2) is 113 Å². The van der Waals surface area contributed by atoms with Gasteiger partial charge in [-0.2, -0.15) is 10.2 Å². The van der Waals surface area contributed by atoms with Gasteiger partial charge in [0.25, 0.3) is 5.56 Å². The summed E-state index contributed by atoms with van der Waals surface area (Å²) >= 11 is 6.15. The molecule has 4 heterocycles. The second kappa shape index (κ2) is 23.2. The number of H-pyrrole nitrogens is 1. The van der Waals surface area contributed by atoms with Crippen LogP contribution in [0.25, 0.3) is 11.0 Å². The molecule has 1 saturated heterocycles. The van der Waals surface area contributed by atoms with Crippen LogP contribution in [-0.2, 0) is 52.5 Å². The van der Waals surface area contributed by atoms with Gasteiger partial charge in [-0.25, -0.2) is 9.97 Å². The van der Waals surface area contributed by atoms with Crippen molar-refractivity contribution in [1.82, 2.24) is 24.5 Å². The summed E-state index contributed by atoms with van der Waals surface area (Å²) in [6.45, 7) is 13.9. The lowest BCUT2D eigenvalue weighted by atomic mass is 10.1. The molecule has 2 aliphatic rings. The Labute approximate surface area is 392 Å². The standard InChI is InChI=1S/C40H65N7O14P2SSi2/c1-23(2)37(49)45-40-44-36-30(38(50)46-40)13-16-47(36)39-35(34(32(20-48)57-39)60-66(26(7)8,27(9)10)61-65(53,24(3)4)25(5)6)59-63(64,54-17-11-14-41)55-21-28-18-29(19-31(28)58-62(51)52)56-33-12-15-42-22-43-33/h12-13,15-16,22-29,31-32,34-35,39,48,53,62H,11,17-21H2,1-10H3,(H,51,52)(H2,44,45,46,49,50)/t28-,29-,31+,32-,34-,35-,39-,63?/m1/s1. The van der Waals surface area contributed by atoms with Gasteiger partial charge in [-0.3, -0.25) is 29.0 Å². The Morgan fingerprint density at radius 3 is 2.36 bits per heavy atom. The molecule has 9 atom stereocenters. The summed E-state index contributed by atoms with van der Waals surface area (Å²) in [6, 6.07) is 5.13. The highest BCUT2D eigenvalue weighted by Gasteiger charge is 2.60. The number of nitriles is 1. The Morgan fingerprint density at radius 1 is 1.09 bits per heavy atom. The van der Waals surface area contributed by atoms with Gasteiger partial charge < -0.3 is 50.9 Å². The number of fused-ring (bicyclic) bond motifs is 1. The second-order valence-corrected chi connectivity index (χ2v) is 30.4. The molecule has 0 spiro atoms. The molecular weight excluding hydrogens is 953 g/mol. The quantitative estimate of drug-likeness (QED) is 0.0385. The molecule has 0 aromatic carbocycles. The van der Waals surface area contributed by atoms with E-state index < -0.39 is 98.8 Å². The van der Waals surface area contributed by atoms with Gasteiger partial charge in [0.05, 0.1) is 43.8 Å². The third kappa shape index (κ3) is 12.7. The molecular formula is C40H65N7O14P2SSi2. The van der Waals surface area contributed by atoms with E-state index in [-0.39, 0.29) is 65.2 Å². The van der Waals surface area contributed by atoms with E-state index in [0.717, 1.165) is 0 Å². The lowest BCUT2D eigenvalue weighted by Crippen LogP contribution is -2.62. The van der Waals surface area contributed by atoms with Gasteiger partial charge in [-0.05, 0) is 46.5 Å². The maximum absolute atomic E-state index is 13.5. The molecule has 3 aromatic heterocycles. The maximum atomic E-state index is 13.5. The number of aromatic nitrogens is 5. The zero-order valence-corrected chi connectivity index (χ0v) is 43.7. The molecule has 2 fully saturated rings. The minimum absolute atomic E-state index is 0.0853. The van der Waals surface area contributed by atoms with Crippen molar-refractivity contribution in [1.29, 1.82) is 5.26 Å². The lowest BCUT2D eigenvalue weighted by molar-refractivity contribution is -0.118. The highest BCUT2D eigenvalue weighted by molar-refractivity contribution is 8.07. The Bertz CT molecular complexity index is 2250.